The Morgan fingerprint density at radius 2 is 1.78 bits per heavy atom. The van der Waals surface area contributed by atoms with Gasteiger partial charge in [0.15, 0.2) is 0 Å². The van der Waals surface area contributed by atoms with Crippen molar-refractivity contribution in [3.63, 3.8) is 0 Å². The normalized spacial score (nSPS) is 34.9. The average Bonchev–Trinajstić information content (AvgIpc) is 2.67. The smallest absolute Gasteiger partial charge is 0.0650 e. The molecule has 1 aliphatic carbocycles. The van der Waals surface area contributed by atoms with Crippen LogP contribution in [0.2, 0.25) is 0 Å². The second-order valence-electron chi connectivity index (χ2n) is 6.48. The summed E-state index contributed by atoms with van der Waals surface area (Å²) in [5.41, 5.74) is 1.86. The van der Waals surface area contributed by atoms with Gasteiger partial charge < -0.3 is 0 Å². The van der Waals surface area contributed by atoms with Gasteiger partial charge in [0.05, 0.1) is 4.87 Å². The maximum atomic E-state index is 3.88. The van der Waals surface area contributed by atoms with Gasteiger partial charge in [-0.3, -0.25) is 5.32 Å². The molecule has 1 spiro atoms. The van der Waals surface area contributed by atoms with E-state index in [9.17, 15) is 0 Å². The zero-order valence-corrected chi connectivity index (χ0v) is 12.2. The quantitative estimate of drug-likeness (QED) is 0.815. The molecular formula is C16H23NS. The monoisotopic (exact) mass is 261 g/mol. The van der Waals surface area contributed by atoms with E-state index in [0.717, 1.165) is 5.92 Å². The van der Waals surface area contributed by atoms with Gasteiger partial charge in [0.1, 0.15) is 0 Å². The van der Waals surface area contributed by atoms with Crippen LogP contribution < -0.4 is 5.32 Å². The number of benzene rings is 1. The molecule has 0 radical (unpaired) electrons. The Morgan fingerprint density at radius 3 is 2.33 bits per heavy atom. The van der Waals surface area contributed by atoms with E-state index in [1.165, 1.54) is 37.0 Å². The van der Waals surface area contributed by atoms with Crippen LogP contribution in [0.15, 0.2) is 30.3 Å². The standard InChI is InChI=1S/C16H23NS/c1-15(2)12-18-16(17-15)10-8-14(9-11-16)13-6-4-3-5-7-13/h3-7,14,17H,8-12H2,1-2H3. The number of nitrogens with one attached hydrogen (secondary N) is 1. The minimum absolute atomic E-state index is 0.324. The van der Waals surface area contributed by atoms with Crippen LogP contribution in [0.3, 0.4) is 0 Å². The summed E-state index contributed by atoms with van der Waals surface area (Å²) in [7, 11) is 0. The van der Waals surface area contributed by atoms with Crippen LogP contribution in [-0.2, 0) is 0 Å². The third-order valence-corrected chi connectivity index (χ3v) is 6.27. The molecule has 0 unspecified atom stereocenters. The Kier molecular flexibility index (Phi) is 3.19. The molecule has 1 N–H and O–H groups in total. The van der Waals surface area contributed by atoms with E-state index in [4.69, 9.17) is 0 Å². The van der Waals surface area contributed by atoms with Crippen LogP contribution in [0.1, 0.15) is 51.0 Å². The van der Waals surface area contributed by atoms with Crippen LogP contribution in [-0.4, -0.2) is 16.2 Å². The molecule has 18 heavy (non-hydrogen) atoms. The summed E-state index contributed by atoms with van der Waals surface area (Å²) in [6.45, 7) is 4.66. The third-order valence-electron chi connectivity index (χ3n) is 4.34. The maximum Gasteiger partial charge on any atom is 0.0650 e. The minimum atomic E-state index is 0.324. The number of thioether (sulfide) groups is 1. The summed E-state index contributed by atoms with van der Waals surface area (Å²) in [6, 6.07) is 11.0. The Labute approximate surface area is 115 Å². The molecule has 1 heterocycles. The maximum absolute atomic E-state index is 3.88. The van der Waals surface area contributed by atoms with E-state index in [1.807, 2.05) is 0 Å². The summed E-state index contributed by atoms with van der Waals surface area (Å²) in [6.07, 6.45) is 5.31. The summed E-state index contributed by atoms with van der Waals surface area (Å²) in [4.78, 5) is 0.384. The van der Waals surface area contributed by atoms with Crippen LogP contribution in [0.5, 0.6) is 0 Å². The van der Waals surface area contributed by atoms with Gasteiger partial charge >= 0.3 is 0 Å². The second-order valence-corrected chi connectivity index (χ2v) is 7.84. The number of rotatable bonds is 1. The SMILES string of the molecule is CC1(C)CSC2(CCC(c3ccccc3)CC2)N1. The van der Waals surface area contributed by atoms with E-state index >= 15 is 0 Å². The van der Waals surface area contributed by atoms with E-state index in [-0.39, 0.29) is 0 Å². The first-order valence-electron chi connectivity index (χ1n) is 7.07. The second kappa shape index (κ2) is 4.57. The van der Waals surface area contributed by atoms with Crippen molar-refractivity contribution in [3.8, 4) is 0 Å². The molecule has 98 valence electrons. The van der Waals surface area contributed by atoms with Crippen LogP contribution in [0.25, 0.3) is 0 Å². The van der Waals surface area contributed by atoms with E-state index in [0.29, 0.717) is 10.4 Å². The largest absolute Gasteiger partial charge is 0.297 e. The van der Waals surface area contributed by atoms with Crippen LogP contribution >= 0.6 is 11.8 Å². The fraction of sp³-hybridized carbons (Fsp3) is 0.625. The molecule has 2 aliphatic rings. The lowest BCUT2D eigenvalue weighted by atomic mass is 9.81. The number of hydrogen-bond donors (Lipinski definition) is 1. The molecule has 0 amide bonds. The van der Waals surface area contributed by atoms with Gasteiger partial charge in [-0.25, -0.2) is 0 Å². The molecule has 2 heteroatoms. The highest BCUT2D eigenvalue weighted by molar-refractivity contribution is 8.00. The highest BCUT2D eigenvalue weighted by atomic mass is 32.2. The zero-order valence-electron chi connectivity index (χ0n) is 11.4. The summed E-state index contributed by atoms with van der Waals surface area (Å²) >= 11 is 2.16. The van der Waals surface area contributed by atoms with Gasteiger partial charge in [-0.15, -0.1) is 11.8 Å². The lowest BCUT2D eigenvalue weighted by molar-refractivity contribution is 0.274. The Balaban J connectivity index is 1.65. The van der Waals surface area contributed by atoms with Gasteiger partial charge in [-0.1, -0.05) is 30.3 Å². The minimum Gasteiger partial charge on any atom is -0.297 e. The first-order chi connectivity index (χ1) is 8.59. The molecule has 1 aliphatic heterocycles. The van der Waals surface area contributed by atoms with Crippen LogP contribution in [0, 0.1) is 0 Å². The topological polar surface area (TPSA) is 12.0 Å². The van der Waals surface area contributed by atoms with Crippen molar-refractivity contribution in [2.24, 2.45) is 0 Å². The van der Waals surface area contributed by atoms with Crippen molar-refractivity contribution in [1.29, 1.82) is 0 Å². The number of hydrogen-bond acceptors (Lipinski definition) is 2. The predicted molar refractivity (Wildman–Crippen MR) is 80.1 cm³/mol. The van der Waals surface area contributed by atoms with Crippen molar-refractivity contribution in [3.05, 3.63) is 35.9 Å². The van der Waals surface area contributed by atoms with E-state index in [1.54, 1.807) is 0 Å². The highest BCUT2D eigenvalue weighted by Gasteiger charge is 2.45. The van der Waals surface area contributed by atoms with Crippen molar-refractivity contribution in [2.75, 3.05) is 5.75 Å². The zero-order chi connectivity index (χ0) is 12.6. The van der Waals surface area contributed by atoms with Crippen molar-refractivity contribution in [1.82, 2.24) is 5.32 Å². The summed E-state index contributed by atoms with van der Waals surface area (Å²) in [5, 5.41) is 3.88. The highest BCUT2D eigenvalue weighted by Crippen LogP contribution is 2.48. The first-order valence-corrected chi connectivity index (χ1v) is 8.05. The third kappa shape index (κ3) is 2.46. The lowest BCUT2D eigenvalue weighted by Gasteiger charge is -2.38. The molecule has 1 aromatic rings. The van der Waals surface area contributed by atoms with Gasteiger partial charge in [0, 0.05) is 11.3 Å². The van der Waals surface area contributed by atoms with Crippen LogP contribution in [0.4, 0.5) is 0 Å². The van der Waals surface area contributed by atoms with E-state index in [2.05, 4.69) is 61.3 Å². The fourth-order valence-electron chi connectivity index (χ4n) is 3.42. The summed E-state index contributed by atoms with van der Waals surface area (Å²) in [5.74, 6) is 2.03. The molecule has 1 aromatic carbocycles. The predicted octanol–water partition coefficient (Wildman–Crippen LogP) is 4.16. The lowest BCUT2D eigenvalue weighted by Crippen LogP contribution is -2.48. The Morgan fingerprint density at radius 1 is 1.11 bits per heavy atom. The van der Waals surface area contributed by atoms with Crippen molar-refractivity contribution >= 4 is 11.8 Å². The van der Waals surface area contributed by atoms with Crippen molar-refractivity contribution < 1.29 is 0 Å². The van der Waals surface area contributed by atoms with Gasteiger partial charge in [-0.05, 0) is 51.0 Å². The average molecular weight is 261 g/mol. The van der Waals surface area contributed by atoms with Gasteiger partial charge in [0.25, 0.3) is 0 Å². The van der Waals surface area contributed by atoms with E-state index < -0.39 is 0 Å². The molecule has 1 saturated heterocycles. The van der Waals surface area contributed by atoms with Gasteiger partial charge in [0.2, 0.25) is 0 Å². The molecule has 0 bridgehead atoms. The first kappa shape index (κ1) is 12.6. The van der Waals surface area contributed by atoms with Gasteiger partial charge in [-0.2, -0.15) is 0 Å². The molecule has 2 fully saturated rings. The molecule has 0 aromatic heterocycles. The molecule has 1 nitrogen and oxygen atoms in total. The molecular weight excluding hydrogens is 238 g/mol. The molecule has 3 rings (SSSR count). The van der Waals surface area contributed by atoms with Crippen molar-refractivity contribution in [2.45, 2.75) is 55.9 Å². The Hall–Kier alpha value is -0.470. The Bertz CT molecular complexity index is 404. The summed E-state index contributed by atoms with van der Waals surface area (Å²) < 4.78 is 0. The molecule has 0 atom stereocenters. The molecule has 1 saturated carbocycles. The fourth-order valence-corrected chi connectivity index (χ4v) is 5.00.